The number of benzene rings is 2. The van der Waals surface area contributed by atoms with Gasteiger partial charge in [0.25, 0.3) is 5.91 Å². The van der Waals surface area contributed by atoms with E-state index in [2.05, 4.69) is 5.32 Å². The van der Waals surface area contributed by atoms with Gasteiger partial charge in [0.1, 0.15) is 11.6 Å². The summed E-state index contributed by atoms with van der Waals surface area (Å²) in [4.78, 5) is 14.4. The van der Waals surface area contributed by atoms with Crippen molar-refractivity contribution in [3.8, 4) is 5.75 Å². The topological polar surface area (TPSA) is 41.6 Å². The van der Waals surface area contributed by atoms with Gasteiger partial charge in [0.05, 0.1) is 6.04 Å². The molecule has 0 saturated heterocycles. The average Bonchev–Trinajstić information content (AvgIpc) is 2.99. The molecule has 3 rings (SSSR count). The van der Waals surface area contributed by atoms with Gasteiger partial charge in [-0.15, -0.1) is 0 Å². The summed E-state index contributed by atoms with van der Waals surface area (Å²) >= 11 is 0. The highest BCUT2D eigenvalue weighted by molar-refractivity contribution is 5.82. The first-order valence-electron chi connectivity index (χ1n) is 7.99. The van der Waals surface area contributed by atoms with Crippen molar-refractivity contribution in [2.45, 2.75) is 18.6 Å². The number of hydrogen-bond acceptors (Lipinski definition) is 3. The summed E-state index contributed by atoms with van der Waals surface area (Å²) in [5.74, 6) is 0.349. The van der Waals surface area contributed by atoms with E-state index in [1.165, 1.54) is 12.1 Å². The van der Waals surface area contributed by atoms with Gasteiger partial charge in [-0.3, -0.25) is 4.79 Å². The van der Waals surface area contributed by atoms with Crippen LogP contribution in [-0.2, 0) is 11.2 Å². The Bertz CT molecular complexity index is 708. The number of hydrogen-bond donors (Lipinski definition) is 1. The molecule has 1 amide bonds. The van der Waals surface area contributed by atoms with Crippen molar-refractivity contribution in [2.75, 3.05) is 20.6 Å². The molecule has 5 heteroatoms. The molecule has 126 valence electrons. The molecule has 0 spiro atoms. The molecule has 0 aromatic heterocycles. The fourth-order valence-electron chi connectivity index (χ4n) is 2.95. The van der Waals surface area contributed by atoms with Gasteiger partial charge in [0, 0.05) is 13.0 Å². The van der Waals surface area contributed by atoms with Crippen LogP contribution in [0.15, 0.2) is 48.5 Å². The van der Waals surface area contributed by atoms with Crippen molar-refractivity contribution in [3.63, 3.8) is 0 Å². The summed E-state index contributed by atoms with van der Waals surface area (Å²) in [6.07, 6.45) is 0.0759. The minimum Gasteiger partial charge on any atom is -0.480 e. The third-order valence-corrected chi connectivity index (χ3v) is 4.27. The Labute approximate surface area is 141 Å². The van der Waals surface area contributed by atoms with Gasteiger partial charge in [-0.2, -0.15) is 0 Å². The number of nitrogens with one attached hydrogen (secondary N) is 1. The highest BCUT2D eigenvalue weighted by atomic mass is 19.1. The largest absolute Gasteiger partial charge is 0.480 e. The number of carbonyl (C=O) groups excluding carboxylic acids is 1. The molecule has 2 unspecified atom stereocenters. The lowest BCUT2D eigenvalue weighted by Gasteiger charge is -2.25. The first kappa shape index (κ1) is 16.5. The van der Waals surface area contributed by atoms with E-state index in [9.17, 15) is 9.18 Å². The second kappa shape index (κ2) is 7.01. The van der Waals surface area contributed by atoms with Crippen molar-refractivity contribution in [2.24, 2.45) is 0 Å². The number of carbonyl (C=O) groups is 1. The molecule has 2 aromatic rings. The lowest BCUT2D eigenvalue weighted by Crippen LogP contribution is -2.41. The second-order valence-electron chi connectivity index (χ2n) is 6.20. The van der Waals surface area contributed by atoms with E-state index < -0.39 is 6.10 Å². The summed E-state index contributed by atoms with van der Waals surface area (Å²) in [7, 11) is 3.81. The molecule has 4 nitrogen and oxygen atoms in total. The van der Waals surface area contributed by atoms with Crippen LogP contribution in [0, 0.1) is 5.82 Å². The Kier molecular flexibility index (Phi) is 4.81. The van der Waals surface area contributed by atoms with Gasteiger partial charge in [0.2, 0.25) is 0 Å². The van der Waals surface area contributed by atoms with E-state index >= 15 is 0 Å². The van der Waals surface area contributed by atoms with Crippen LogP contribution >= 0.6 is 0 Å². The normalized spacial score (nSPS) is 17.2. The average molecular weight is 328 g/mol. The van der Waals surface area contributed by atoms with Crippen LogP contribution in [0.1, 0.15) is 17.2 Å². The fraction of sp³-hybridized carbons (Fsp3) is 0.316. The molecule has 1 aliphatic rings. The molecular formula is C19H21FN2O2. The standard InChI is InChI=1S/C19H21FN2O2/c1-22(2)16(13-7-5-8-15(20)10-13)12-21-19(23)18-11-14-6-3-4-9-17(14)24-18/h3-10,16,18H,11-12H2,1-2H3,(H,21,23). The number of nitrogens with zero attached hydrogens (tertiary/aromatic N) is 1. The van der Waals surface area contributed by atoms with Crippen LogP contribution in [0.3, 0.4) is 0 Å². The molecule has 1 aliphatic heterocycles. The first-order chi connectivity index (χ1) is 11.5. The molecule has 1 heterocycles. The van der Waals surface area contributed by atoms with Crippen molar-refractivity contribution in [3.05, 3.63) is 65.5 Å². The number of para-hydroxylation sites is 1. The van der Waals surface area contributed by atoms with Gasteiger partial charge in [-0.25, -0.2) is 4.39 Å². The van der Waals surface area contributed by atoms with E-state index in [0.717, 1.165) is 16.9 Å². The molecule has 0 radical (unpaired) electrons. The molecule has 2 aromatic carbocycles. The number of rotatable bonds is 5. The maximum atomic E-state index is 13.5. The molecule has 0 bridgehead atoms. The zero-order valence-electron chi connectivity index (χ0n) is 13.8. The van der Waals surface area contributed by atoms with Crippen LogP contribution in [-0.4, -0.2) is 37.6 Å². The van der Waals surface area contributed by atoms with Gasteiger partial charge in [-0.1, -0.05) is 30.3 Å². The molecular weight excluding hydrogens is 307 g/mol. The van der Waals surface area contributed by atoms with E-state index in [1.54, 1.807) is 6.07 Å². The van der Waals surface area contributed by atoms with Gasteiger partial charge >= 0.3 is 0 Å². The molecule has 1 N–H and O–H groups in total. The van der Waals surface area contributed by atoms with E-state index in [-0.39, 0.29) is 17.8 Å². The molecule has 0 saturated carbocycles. The Balaban J connectivity index is 1.62. The Morgan fingerprint density at radius 3 is 2.79 bits per heavy atom. The fourth-order valence-corrected chi connectivity index (χ4v) is 2.95. The van der Waals surface area contributed by atoms with Gasteiger partial charge in [-0.05, 0) is 43.4 Å². The highest BCUT2D eigenvalue weighted by Crippen LogP contribution is 2.28. The van der Waals surface area contributed by atoms with Crippen molar-refractivity contribution < 1.29 is 13.9 Å². The van der Waals surface area contributed by atoms with Crippen LogP contribution in [0.5, 0.6) is 5.75 Å². The zero-order chi connectivity index (χ0) is 17.1. The molecule has 24 heavy (non-hydrogen) atoms. The maximum Gasteiger partial charge on any atom is 0.261 e. The number of likely N-dealkylation sites (N-methyl/N-ethyl adjacent to an activating group) is 1. The Morgan fingerprint density at radius 1 is 1.29 bits per heavy atom. The lowest BCUT2D eigenvalue weighted by atomic mass is 10.1. The molecule has 2 atom stereocenters. The highest BCUT2D eigenvalue weighted by Gasteiger charge is 2.29. The van der Waals surface area contributed by atoms with E-state index in [4.69, 9.17) is 4.74 Å². The van der Waals surface area contributed by atoms with E-state index in [0.29, 0.717) is 13.0 Å². The number of halogens is 1. The van der Waals surface area contributed by atoms with Crippen LogP contribution in [0.2, 0.25) is 0 Å². The van der Waals surface area contributed by atoms with E-state index in [1.807, 2.05) is 49.3 Å². The van der Waals surface area contributed by atoms with Crippen LogP contribution < -0.4 is 10.1 Å². The minimum absolute atomic E-state index is 0.103. The first-order valence-corrected chi connectivity index (χ1v) is 7.99. The van der Waals surface area contributed by atoms with Crippen LogP contribution in [0.4, 0.5) is 4.39 Å². The quantitative estimate of drug-likeness (QED) is 0.917. The summed E-state index contributed by atoms with van der Waals surface area (Å²) in [5.41, 5.74) is 1.88. The number of amides is 1. The Hall–Kier alpha value is -2.40. The lowest BCUT2D eigenvalue weighted by molar-refractivity contribution is -0.127. The Morgan fingerprint density at radius 2 is 2.08 bits per heavy atom. The van der Waals surface area contributed by atoms with Crippen molar-refractivity contribution in [1.82, 2.24) is 10.2 Å². The second-order valence-corrected chi connectivity index (χ2v) is 6.20. The molecule has 0 aliphatic carbocycles. The summed E-state index contributed by atoms with van der Waals surface area (Å²) < 4.78 is 19.2. The summed E-state index contributed by atoms with van der Waals surface area (Å²) in [5, 5.41) is 2.93. The third kappa shape index (κ3) is 3.57. The maximum absolute atomic E-state index is 13.5. The smallest absolute Gasteiger partial charge is 0.261 e. The predicted octanol–water partition coefficient (Wildman–Crippen LogP) is 2.55. The van der Waals surface area contributed by atoms with Gasteiger partial charge in [0.15, 0.2) is 6.10 Å². The van der Waals surface area contributed by atoms with Crippen molar-refractivity contribution in [1.29, 1.82) is 0 Å². The monoisotopic (exact) mass is 328 g/mol. The molecule has 0 fully saturated rings. The zero-order valence-corrected chi connectivity index (χ0v) is 13.8. The SMILES string of the molecule is CN(C)C(CNC(=O)C1Cc2ccccc2O1)c1cccc(F)c1. The van der Waals surface area contributed by atoms with Crippen LogP contribution in [0.25, 0.3) is 0 Å². The summed E-state index contributed by atoms with van der Waals surface area (Å²) in [6, 6.07) is 14.0. The summed E-state index contributed by atoms with van der Waals surface area (Å²) in [6.45, 7) is 0.394. The predicted molar refractivity (Wildman–Crippen MR) is 90.4 cm³/mol. The number of ether oxygens (including phenoxy) is 1. The minimum atomic E-state index is -0.502. The third-order valence-electron chi connectivity index (χ3n) is 4.27. The van der Waals surface area contributed by atoms with Crippen molar-refractivity contribution >= 4 is 5.91 Å². The van der Waals surface area contributed by atoms with Gasteiger partial charge < -0.3 is 15.0 Å². The number of fused-ring (bicyclic) bond motifs is 1.